The Morgan fingerprint density at radius 1 is 0.966 bits per heavy atom. The fourth-order valence-electron chi connectivity index (χ4n) is 9.19. The number of hydrogen-bond donors (Lipinski definition) is 1. The first-order valence-electron chi connectivity index (χ1n) is 13.0. The van der Waals surface area contributed by atoms with Crippen molar-refractivity contribution in [3.63, 3.8) is 0 Å². The van der Waals surface area contributed by atoms with Crippen LogP contribution < -0.4 is 0 Å². The first kappa shape index (κ1) is 21.9. The van der Waals surface area contributed by atoms with Crippen molar-refractivity contribution < 1.29 is 5.11 Å². The molecule has 9 atom stereocenters. The molecule has 4 saturated carbocycles. The zero-order valence-corrected chi connectivity index (χ0v) is 20.1. The van der Waals surface area contributed by atoms with E-state index in [0.717, 1.165) is 41.9 Å². The summed E-state index contributed by atoms with van der Waals surface area (Å²) in [4.78, 5) is 0. The van der Waals surface area contributed by atoms with Crippen molar-refractivity contribution in [3.8, 4) is 0 Å². The second kappa shape index (κ2) is 7.99. The van der Waals surface area contributed by atoms with Gasteiger partial charge in [0.25, 0.3) is 0 Å². The molecule has 4 aliphatic carbocycles. The highest BCUT2D eigenvalue weighted by molar-refractivity contribution is 5.11. The summed E-state index contributed by atoms with van der Waals surface area (Å²) < 4.78 is 0. The molecule has 0 heterocycles. The average molecular weight is 401 g/mol. The Kier molecular flexibility index (Phi) is 6.04. The second-order valence-corrected chi connectivity index (χ2v) is 12.5. The average Bonchev–Trinajstić information content (AvgIpc) is 3.04. The highest BCUT2D eigenvalue weighted by Gasteiger charge is 2.61. The van der Waals surface area contributed by atoms with Gasteiger partial charge in [0.2, 0.25) is 0 Å². The van der Waals surface area contributed by atoms with Gasteiger partial charge in [-0.25, -0.2) is 0 Å². The quantitative estimate of drug-likeness (QED) is 0.470. The number of fused-ring (bicyclic) bond motifs is 5. The molecular formula is C28H48O. The maximum Gasteiger partial charge on any atom is 0.0599 e. The van der Waals surface area contributed by atoms with E-state index < -0.39 is 0 Å². The third kappa shape index (κ3) is 3.46. The molecule has 0 bridgehead atoms. The summed E-state index contributed by atoms with van der Waals surface area (Å²) >= 11 is 0. The van der Waals surface area contributed by atoms with Gasteiger partial charge in [-0.05, 0) is 116 Å². The lowest BCUT2D eigenvalue weighted by molar-refractivity contribution is -0.164. The number of aliphatic hydroxyl groups is 1. The predicted octanol–water partition coefficient (Wildman–Crippen LogP) is 7.63. The summed E-state index contributed by atoms with van der Waals surface area (Å²) in [7, 11) is 0. The Morgan fingerprint density at radius 2 is 1.72 bits per heavy atom. The van der Waals surface area contributed by atoms with E-state index in [1.807, 2.05) is 0 Å². The molecule has 166 valence electrons. The van der Waals surface area contributed by atoms with Gasteiger partial charge in [-0.2, -0.15) is 0 Å². The maximum atomic E-state index is 11.1. The standard InChI is InChI=1S/C28H48O/c1-18(2)19(3)10-11-20(4)23-14-15-24-22-13-12-21-8-7-9-26(29)28(21,6)25(22)16-17-27(23,24)5/h18,20-26,29H,3,7-17H2,1-2,4-6H3/t20-,21-,22-,23-,24+,25+,26?,27-,28+/m1/s1. The largest absolute Gasteiger partial charge is 0.393 e. The monoisotopic (exact) mass is 400 g/mol. The van der Waals surface area contributed by atoms with Crippen LogP contribution in [0.15, 0.2) is 12.2 Å². The van der Waals surface area contributed by atoms with Crippen molar-refractivity contribution in [2.75, 3.05) is 0 Å². The maximum absolute atomic E-state index is 11.1. The lowest BCUT2D eigenvalue weighted by atomic mass is 9.44. The summed E-state index contributed by atoms with van der Waals surface area (Å²) in [5.41, 5.74) is 2.20. The molecule has 0 radical (unpaired) electrons. The van der Waals surface area contributed by atoms with Crippen LogP contribution in [-0.2, 0) is 0 Å². The van der Waals surface area contributed by atoms with Gasteiger partial charge in [0, 0.05) is 0 Å². The molecule has 4 fully saturated rings. The molecule has 1 nitrogen and oxygen atoms in total. The molecule has 0 aliphatic heterocycles. The van der Waals surface area contributed by atoms with Crippen LogP contribution in [-0.4, -0.2) is 11.2 Å². The Labute approximate surface area is 181 Å². The third-order valence-corrected chi connectivity index (χ3v) is 11.2. The van der Waals surface area contributed by atoms with Crippen molar-refractivity contribution in [1.29, 1.82) is 0 Å². The Morgan fingerprint density at radius 3 is 2.45 bits per heavy atom. The minimum Gasteiger partial charge on any atom is -0.393 e. The van der Waals surface area contributed by atoms with E-state index in [4.69, 9.17) is 0 Å². The Balaban J connectivity index is 1.49. The summed E-state index contributed by atoms with van der Waals surface area (Å²) in [6.45, 7) is 16.6. The number of aliphatic hydroxyl groups excluding tert-OH is 1. The van der Waals surface area contributed by atoms with Crippen LogP contribution in [0.2, 0.25) is 0 Å². The third-order valence-electron chi connectivity index (χ3n) is 11.2. The van der Waals surface area contributed by atoms with E-state index in [1.165, 1.54) is 69.8 Å². The van der Waals surface area contributed by atoms with Gasteiger partial charge in [0.1, 0.15) is 0 Å². The van der Waals surface area contributed by atoms with Gasteiger partial charge in [-0.3, -0.25) is 0 Å². The van der Waals surface area contributed by atoms with Crippen LogP contribution in [0.4, 0.5) is 0 Å². The van der Waals surface area contributed by atoms with Gasteiger partial charge in [0.05, 0.1) is 6.10 Å². The minimum absolute atomic E-state index is 0.0448. The predicted molar refractivity (Wildman–Crippen MR) is 124 cm³/mol. The first-order chi connectivity index (χ1) is 13.7. The number of hydrogen-bond acceptors (Lipinski definition) is 1. The van der Waals surface area contributed by atoms with Crippen LogP contribution in [0.3, 0.4) is 0 Å². The molecule has 0 saturated heterocycles. The first-order valence-corrected chi connectivity index (χ1v) is 13.0. The van der Waals surface area contributed by atoms with Gasteiger partial charge < -0.3 is 5.11 Å². The number of allylic oxidation sites excluding steroid dienone is 1. The topological polar surface area (TPSA) is 20.2 Å². The number of rotatable bonds is 5. The van der Waals surface area contributed by atoms with Crippen molar-refractivity contribution in [1.82, 2.24) is 0 Å². The molecule has 0 amide bonds. The van der Waals surface area contributed by atoms with E-state index in [0.29, 0.717) is 11.3 Å². The summed E-state index contributed by atoms with van der Waals surface area (Å²) in [5.74, 6) is 5.71. The fourth-order valence-corrected chi connectivity index (χ4v) is 9.19. The smallest absolute Gasteiger partial charge is 0.0599 e. The van der Waals surface area contributed by atoms with Crippen LogP contribution in [0.25, 0.3) is 0 Å². The normalized spacial score (nSPS) is 48.0. The Hall–Kier alpha value is -0.300. The molecule has 1 N–H and O–H groups in total. The van der Waals surface area contributed by atoms with Gasteiger partial charge in [-0.1, -0.05) is 53.2 Å². The van der Waals surface area contributed by atoms with E-state index in [-0.39, 0.29) is 11.5 Å². The zero-order valence-electron chi connectivity index (χ0n) is 20.1. The van der Waals surface area contributed by atoms with Crippen molar-refractivity contribution in [2.45, 2.75) is 111 Å². The highest BCUT2D eigenvalue weighted by Crippen LogP contribution is 2.68. The van der Waals surface area contributed by atoms with E-state index in [1.54, 1.807) is 0 Å². The van der Waals surface area contributed by atoms with Crippen LogP contribution >= 0.6 is 0 Å². The molecule has 29 heavy (non-hydrogen) atoms. The molecule has 0 aromatic rings. The van der Waals surface area contributed by atoms with E-state index in [2.05, 4.69) is 41.2 Å². The summed E-state index contributed by atoms with van der Waals surface area (Å²) in [6, 6.07) is 0. The second-order valence-electron chi connectivity index (χ2n) is 12.5. The fraction of sp³-hybridized carbons (Fsp3) is 0.929. The summed E-state index contributed by atoms with van der Waals surface area (Å²) in [5, 5.41) is 11.1. The van der Waals surface area contributed by atoms with Crippen molar-refractivity contribution in [3.05, 3.63) is 12.2 Å². The summed E-state index contributed by atoms with van der Waals surface area (Å²) in [6.07, 6.45) is 14.7. The van der Waals surface area contributed by atoms with E-state index in [9.17, 15) is 5.11 Å². The van der Waals surface area contributed by atoms with Crippen molar-refractivity contribution in [2.24, 2.45) is 52.3 Å². The molecule has 1 heteroatoms. The van der Waals surface area contributed by atoms with Gasteiger partial charge in [0.15, 0.2) is 0 Å². The van der Waals surface area contributed by atoms with Crippen molar-refractivity contribution >= 4 is 0 Å². The van der Waals surface area contributed by atoms with E-state index >= 15 is 0 Å². The molecule has 0 spiro atoms. The van der Waals surface area contributed by atoms with Gasteiger partial charge >= 0.3 is 0 Å². The lowest BCUT2D eigenvalue weighted by Gasteiger charge is -2.62. The molecule has 4 rings (SSSR count). The highest BCUT2D eigenvalue weighted by atomic mass is 16.3. The SMILES string of the molecule is C=C(CC[C@@H](C)[C@H]1CC[C@H]2[C@H]3CC[C@H]4CCCC(O)[C@]4(C)[C@H]3CC[C@]12C)C(C)C. The Bertz CT molecular complexity index is 607. The zero-order chi connectivity index (χ0) is 21.0. The van der Waals surface area contributed by atoms with Gasteiger partial charge in [-0.15, -0.1) is 0 Å². The van der Waals surface area contributed by atoms with Crippen LogP contribution in [0, 0.1) is 52.3 Å². The minimum atomic E-state index is -0.0448. The molecule has 1 unspecified atom stereocenters. The molecule has 4 aliphatic rings. The molecular weight excluding hydrogens is 352 g/mol. The molecule has 0 aromatic heterocycles. The van der Waals surface area contributed by atoms with Crippen LogP contribution in [0.1, 0.15) is 105 Å². The molecule has 0 aromatic carbocycles. The van der Waals surface area contributed by atoms with Crippen LogP contribution in [0.5, 0.6) is 0 Å². The lowest BCUT2D eigenvalue weighted by Crippen LogP contribution is -2.57.